The van der Waals surface area contributed by atoms with Gasteiger partial charge in [0.2, 0.25) is 0 Å². The van der Waals surface area contributed by atoms with Crippen LogP contribution in [-0.4, -0.2) is 4.98 Å². The molecule has 1 aromatic carbocycles. The van der Waals surface area contributed by atoms with Crippen molar-refractivity contribution in [2.24, 2.45) is 0 Å². The van der Waals surface area contributed by atoms with Gasteiger partial charge in [-0.05, 0) is 82.4 Å². The van der Waals surface area contributed by atoms with E-state index in [1.54, 1.807) is 0 Å². The van der Waals surface area contributed by atoms with Crippen LogP contribution in [0.4, 0.5) is 0 Å². The van der Waals surface area contributed by atoms with Crippen LogP contribution < -0.4 is 0 Å². The average molecular weight is 327 g/mol. The second-order valence-corrected chi connectivity index (χ2v) is 5.03. The first kappa shape index (κ1) is 17.5. The van der Waals surface area contributed by atoms with Gasteiger partial charge in [-0.2, -0.15) is 0 Å². The minimum absolute atomic E-state index is 0. The Hall–Kier alpha value is -0.851. The zero-order valence-electron chi connectivity index (χ0n) is 12.4. The van der Waals surface area contributed by atoms with Crippen LogP contribution >= 0.6 is 0 Å². The third-order valence-electron chi connectivity index (χ3n) is 3.36. The molecule has 2 aliphatic carbocycles. The molecule has 22 heavy (non-hydrogen) atoms. The van der Waals surface area contributed by atoms with Crippen molar-refractivity contribution in [2.75, 3.05) is 0 Å². The molecule has 2 aliphatic rings. The van der Waals surface area contributed by atoms with Crippen molar-refractivity contribution < 1.29 is 17.1 Å². The van der Waals surface area contributed by atoms with E-state index in [2.05, 4.69) is 55.1 Å². The first-order chi connectivity index (χ1) is 10.3. The maximum Gasteiger partial charge on any atom is 0.0708 e. The molecular formula is C20H17FeN. The van der Waals surface area contributed by atoms with Gasteiger partial charge in [0.1, 0.15) is 0 Å². The molecule has 0 amide bonds. The van der Waals surface area contributed by atoms with Crippen LogP contribution in [0.1, 0.15) is 11.3 Å². The predicted molar refractivity (Wildman–Crippen MR) is 87.5 cm³/mol. The normalized spacial score (nSPS) is 17.9. The number of aromatic nitrogens is 1. The molecule has 2 saturated carbocycles. The fourth-order valence-corrected chi connectivity index (χ4v) is 2.25. The number of hydrogen-bond acceptors (Lipinski definition) is 1. The topological polar surface area (TPSA) is 12.9 Å². The van der Waals surface area contributed by atoms with Crippen LogP contribution in [0.15, 0.2) is 30.3 Å². The van der Waals surface area contributed by atoms with Crippen molar-refractivity contribution in [3.05, 3.63) is 105 Å². The smallest absolute Gasteiger partial charge is 0.0708 e. The number of rotatable bonds is 1. The largest absolute Gasteiger partial charge is 0.252 e. The van der Waals surface area contributed by atoms with E-state index in [0.29, 0.717) is 0 Å². The molecule has 0 atom stereocenters. The van der Waals surface area contributed by atoms with E-state index in [1.165, 1.54) is 16.9 Å². The summed E-state index contributed by atoms with van der Waals surface area (Å²) in [6.07, 6.45) is 18.3. The zero-order chi connectivity index (χ0) is 14.5. The molecule has 110 valence electrons. The van der Waals surface area contributed by atoms with Gasteiger partial charge in [0, 0.05) is 34.1 Å². The van der Waals surface area contributed by atoms with Gasteiger partial charge in [-0.15, -0.1) is 0 Å². The van der Waals surface area contributed by atoms with E-state index in [-0.39, 0.29) is 17.1 Å². The van der Waals surface area contributed by atoms with Crippen molar-refractivity contribution in [3.63, 3.8) is 0 Å². The summed E-state index contributed by atoms with van der Waals surface area (Å²) in [5.41, 5.74) is 3.36. The summed E-state index contributed by atoms with van der Waals surface area (Å²) in [5.74, 6) is 1.18. The Kier molecular flexibility index (Phi) is 6.92. The van der Waals surface area contributed by atoms with Crippen LogP contribution in [0.5, 0.6) is 0 Å². The Labute approximate surface area is 145 Å². The van der Waals surface area contributed by atoms with Crippen LogP contribution in [0.25, 0.3) is 10.9 Å². The van der Waals surface area contributed by atoms with Crippen molar-refractivity contribution in [3.8, 4) is 0 Å². The Balaban J connectivity index is 0.000000253. The summed E-state index contributed by atoms with van der Waals surface area (Å²) < 4.78 is 0. The van der Waals surface area contributed by atoms with E-state index in [4.69, 9.17) is 0 Å². The molecule has 4 rings (SSSR count). The third-order valence-corrected chi connectivity index (χ3v) is 3.36. The monoisotopic (exact) mass is 327 g/mol. The molecule has 0 spiro atoms. The summed E-state index contributed by atoms with van der Waals surface area (Å²) >= 11 is 0. The standard InChI is InChI=1S/C15H12N.C5H5.Fe/c1-11-6-7-13-8-9-14(16-15(13)10-11)12-4-2-3-5-12;1-2-4-5-3-1;/h2-10H,1H3;1-5H;. The number of hydrogen-bond donors (Lipinski definition) is 0. The third kappa shape index (κ3) is 4.57. The first-order valence-corrected chi connectivity index (χ1v) is 7.09. The summed E-state index contributed by atoms with van der Waals surface area (Å²) in [6.45, 7) is 2.09. The van der Waals surface area contributed by atoms with Gasteiger partial charge in [-0.1, -0.05) is 18.2 Å². The molecule has 0 aliphatic heterocycles. The average Bonchev–Trinajstić information content (AvgIpc) is 3.22. The number of fused-ring (bicyclic) bond motifs is 1. The minimum Gasteiger partial charge on any atom is -0.252 e. The molecule has 1 heterocycles. The van der Waals surface area contributed by atoms with Crippen LogP contribution in [-0.2, 0) is 17.1 Å². The van der Waals surface area contributed by atoms with E-state index < -0.39 is 0 Å². The Morgan fingerprint density at radius 1 is 0.727 bits per heavy atom. The van der Waals surface area contributed by atoms with Gasteiger partial charge in [-0.25, -0.2) is 0 Å². The second kappa shape index (κ2) is 8.70. The molecule has 2 aromatic rings. The maximum atomic E-state index is 4.68. The van der Waals surface area contributed by atoms with Crippen molar-refractivity contribution in [1.82, 2.24) is 4.98 Å². The van der Waals surface area contributed by atoms with Gasteiger partial charge in [0.05, 0.1) is 5.52 Å². The summed E-state index contributed by atoms with van der Waals surface area (Å²) in [5, 5.41) is 1.20. The first-order valence-electron chi connectivity index (χ1n) is 7.09. The van der Waals surface area contributed by atoms with Crippen molar-refractivity contribution in [2.45, 2.75) is 6.92 Å². The fourth-order valence-electron chi connectivity index (χ4n) is 2.25. The summed E-state index contributed by atoms with van der Waals surface area (Å²) in [4.78, 5) is 4.68. The van der Waals surface area contributed by atoms with Gasteiger partial charge in [0.25, 0.3) is 0 Å². The molecule has 1 aromatic heterocycles. The van der Waals surface area contributed by atoms with Gasteiger partial charge in [-0.3, -0.25) is 4.98 Å². The Morgan fingerprint density at radius 3 is 1.95 bits per heavy atom. The quantitative estimate of drug-likeness (QED) is 0.711. The molecule has 0 saturated heterocycles. The maximum absolute atomic E-state index is 4.68. The number of benzene rings is 1. The van der Waals surface area contributed by atoms with Gasteiger partial charge in [0.15, 0.2) is 0 Å². The number of aryl methyl sites for hydroxylation is 1. The van der Waals surface area contributed by atoms with Crippen molar-refractivity contribution >= 4 is 10.9 Å². The number of nitrogens with zero attached hydrogens (tertiary/aromatic N) is 1. The Morgan fingerprint density at radius 2 is 1.32 bits per heavy atom. The molecular weight excluding hydrogens is 310 g/mol. The van der Waals surface area contributed by atoms with Crippen LogP contribution in [0.3, 0.4) is 0 Å². The van der Waals surface area contributed by atoms with Gasteiger partial charge >= 0.3 is 0 Å². The second-order valence-electron chi connectivity index (χ2n) is 5.03. The number of pyridine rings is 1. The van der Waals surface area contributed by atoms with Gasteiger partial charge < -0.3 is 0 Å². The van der Waals surface area contributed by atoms with Crippen molar-refractivity contribution in [1.29, 1.82) is 0 Å². The molecule has 10 radical (unpaired) electrons. The molecule has 1 nitrogen and oxygen atoms in total. The predicted octanol–water partition coefficient (Wildman–Crippen LogP) is 4.32. The van der Waals surface area contributed by atoms with Crippen LogP contribution in [0.2, 0.25) is 0 Å². The fraction of sp³-hybridized carbons (Fsp3) is 0.0500. The molecule has 0 N–H and O–H groups in total. The summed E-state index contributed by atoms with van der Waals surface area (Å²) in [6, 6.07) is 10.6. The van der Waals surface area contributed by atoms with E-state index in [0.717, 1.165) is 11.2 Å². The minimum atomic E-state index is 0. The van der Waals surface area contributed by atoms with E-state index in [1.807, 2.05) is 44.9 Å². The van der Waals surface area contributed by atoms with Crippen LogP contribution in [0, 0.1) is 70.6 Å². The zero-order valence-corrected chi connectivity index (χ0v) is 13.5. The summed E-state index contributed by atoms with van der Waals surface area (Å²) in [7, 11) is 0. The molecule has 0 unspecified atom stereocenters. The Bertz CT molecular complexity index is 576. The van der Waals surface area contributed by atoms with E-state index in [9.17, 15) is 0 Å². The molecule has 2 heteroatoms. The SMILES string of the molecule is Cc1ccc2ccc([C]3[CH][CH][CH][CH]3)nc2c1.[CH]1[CH][CH][CH][CH]1.[Fe]. The van der Waals surface area contributed by atoms with E-state index >= 15 is 0 Å². The molecule has 0 bridgehead atoms. The molecule has 2 fully saturated rings.